The van der Waals surface area contributed by atoms with Gasteiger partial charge in [0, 0.05) is 18.0 Å². The Hall–Kier alpha value is -1.56. The minimum absolute atomic E-state index is 0.00921. The molecule has 0 aromatic carbocycles. The van der Waals surface area contributed by atoms with E-state index in [4.69, 9.17) is 5.11 Å². The van der Waals surface area contributed by atoms with Crippen LogP contribution in [0.25, 0.3) is 0 Å². The largest absolute Gasteiger partial charge is 0.481 e. The van der Waals surface area contributed by atoms with Gasteiger partial charge in [0.15, 0.2) is 0 Å². The number of aliphatic carboxylic acids is 1. The van der Waals surface area contributed by atoms with Gasteiger partial charge in [-0.2, -0.15) is 0 Å². The molecule has 5 nitrogen and oxygen atoms in total. The lowest BCUT2D eigenvalue weighted by Crippen LogP contribution is -2.47. The first-order valence-electron chi connectivity index (χ1n) is 7.25. The summed E-state index contributed by atoms with van der Waals surface area (Å²) in [7, 11) is 0. The van der Waals surface area contributed by atoms with Crippen LogP contribution in [0.5, 0.6) is 0 Å². The van der Waals surface area contributed by atoms with Crippen LogP contribution in [0.3, 0.4) is 0 Å². The predicted molar refractivity (Wildman–Crippen MR) is 82.5 cm³/mol. The van der Waals surface area contributed by atoms with Crippen molar-refractivity contribution in [1.29, 1.82) is 0 Å². The maximum Gasteiger partial charge on any atom is 0.317 e. The molecule has 2 atom stereocenters. The van der Waals surface area contributed by atoms with Crippen LogP contribution in [-0.2, 0) is 11.2 Å². The topological polar surface area (TPSA) is 69.6 Å². The molecule has 116 valence electrons. The molecule has 0 bridgehead atoms. The summed E-state index contributed by atoms with van der Waals surface area (Å²) in [5, 5.41) is 14.0. The van der Waals surface area contributed by atoms with Gasteiger partial charge in [0.1, 0.15) is 0 Å². The number of amides is 2. The summed E-state index contributed by atoms with van der Waals surface area (Å²) in [6.07, 6.45) is 0.872. The third-order valence-electron chi connectivity index (χ3n) is 4.13. The Morgan fingerprint density at radius 2 is 2.24 bits per heavy atom. The number of nitrogens with zero attached hydrogens (tertiary/aromatic N) is 1. The molecule has 0 aliphatic carbocycles. The van der Waals surface area contributed by atoms with Gasteiger partial charge in [0.25, 0.3) is 0 Å². The number of carboxylic acid groups (broad SMARTS) is 1. The highest BCUT2D eigenvalue weighted by atomic mass is 32.1. The molecule has 0 fully saturated rings. The highest BCUT2D eigenvalue weighted by molar-refractivity contribution is 7.10. The molecule has 0 saturated carbocycles. The molecule has 2 rings (SSSR count). The van der Waals surface area contributed by atoms with Crippen molar-refractivity contribution in [1.82, 2.24) is 10.2 Å². The van der Waals surface area contributed by atoms with Gasteiger partial charge in [-0.15, -0.1) is 11.3 Å². The normalized spacial score (nSPS) is 19.2. The van der Waals surface area contributed by atoms with Gasteiger partial charge >= 0.3 is 12.0 Å². The summed E-state index contributed by atoms with van der Waals surface area (Å²) in [6.45, 7) is 6.57. The average molecular weight is 310 g/mol. The molecule has 1 aliphatic heterocycles. The van der Waals surface area contributed by atoms with Gasteiger partial charge in [-0.3, -0.25) is 4.79 Å². The summed E-state index contributed by atoms with van der Waals surface area (Å²) in [5.74, 6) is -1.42. The van der Waals surface area contributed by atoms with E-state index in [1.807, 2.05) is 20.8 Å². The van der Waals surface area contributed by atoms with E-state index in [2.05, 4.69) is 16.8 Å². The Balaban J connectivity index is 1.97. The van der Waals surface area contributed by atoms with E-state index >= 15 is 0 Å². The quantitative estimate of drug-likeness (QED) is 0.898. The SMILES string of the molecule is CC(C)C(CNC(=O)N1CCc2sccc2C1C)C(=O)O. The molecule has 1 aromatic heterocycles. The monoisotopic (exact) mass is 310 g/mol. The lowest BCUT2D eigenvalue weighted by Gasteiger charge is -2.34. The van der Waals surface area contributed by atoms with E-state index in [-0.39, 0.29) is 24.5 Å². The summed E-state index contributed by atoms with van der Waals surface area (Å²) in [6, 6.07) is 1.94. The van der Waals surface area contributed by atoms with Crippen LogP contribution in [-0.4, -0.2) is 35.1 Å². The van der Waals surface area contributed by atoms with Crippen molar-refractivity contribution >= 4 is 23.3 Å². The fraction of sp³-hybridized carbons (Fsp3) is 0.600. The second kappa shape index (κ2) is 6.47. The maximum atomic E-state index is 12.3. The Morgan fingerprint density at radius 3 is 2.86 bits per heavy atom. The molecule has 2 heterocycles. The third-order valence-corrected chi connectivity index (χ3v) is 5.13. The molecule has 2 amide bonds. The first-order chi connectivity index (χ1) is 9.91. The number of nitrogens with one attached hydrogen (secondary N) is 1. The number of carbonyl (C=O) groups is 2. The Bertz CT molecular complexity index is 527. The molecule has 2 unspecified atom stereocenters. The minimum Gasteiger partial charge on any atom is -0.481 e. The van der Waals surface area contributed by atoms with Crippen molar-refractivity contribution in [3.05, 3.63) is 21.9 Å². The van der Waals surface area contributed by atoms with Gasteiger partial charge in [-0.1, -0.05) is 13.8 Å². The Labute approximate surface area is 129 Å². The van der Waals surface area contributed by atoms with Crippen molar-refractivity contribution < 1.29 is 14.7 Å². The number of hydrogen-bond acceptors (Lipinski definition) is 3. The van der Waals surface area contributed by atoms with Gasteiger partial charge in [0.05, 0.1) is 12.0 Å². The number of carbonyl (C=O) groups excluding carboxylic acids is 1. The number of thiophene rings is 1. The van der Waals surface area contributed by atoms with E-state index in [1.165, 1.54) is 10.4 Å². The molecule has 0 saturated heterocycles. The first-order valence-corrected chi connectivity index (χ1v) is 8.13. The molecule has 0 radical (unpaired) electrons. The highest BCUT2D eigenvalue weighted by Gasteiger charge is 2.29. The fourth-order valence-electron chi connectivity index (χ4n) is 2.69. The fourth-order valence-corrected chi connectivity index (χ4v) is 3.66. The van der Waals surface area contributed by atoms with Gasteiger partial charge in [0.2, 0.25) is 0 Å². The number of carboxylic acids is 1. The van der Waals surface area contributed by atoms with Gasteiger partial charge in [-0.05, 0) is 36.3 Å². The molecule has 1 aliphatic rings. The number of urea groups is 1. The predicted octanol–water partition coefficient (Wildman–Crippen LogP) is 2.73. The average Bonchev–Trinajstić information content (AvgIpc) is 2.87. The van der Waals surface area contributed by atoms with Crippen LogP contribution < -0.4 is 5.32 Å². The third kappa shape index (κ3) is 3.37. The summed E-state index contributed by atoms with van der Waals surface area (Å²) in [4.78, 5) is 26.6. The van der Waals surface area contributed by atoms with Crippen LogP contribution in [0.15, 0.2) is 11.4 Å². The molecular weight excluding hydrogens is 288 g/mol. The van der Waals surface area contributed by atoms with E-state index in [9.17, 15) is 9.59 Å². The van der Waals surface area contributed by atoms with Crippen molar-refractivity contribution in [3.8, 4) is 0 Å². The Morgan fingerprint density at radius 1 is 1.52 bits per heavy atom. The lowest BCUT2D eigenvalue weighted by molar-refractivity contribution is -0.142. The summed E-state index contributed by atoms with van der Waals surface area (Å²) in [5.41, 5.74) is 1.21. The summed E-state index contributed by atoms with van der Waals surface area (Å²) >= 11 is 1.73. The molecule has 6 heteroatoms. The maximum absolute atomic E-state index is 12.3. The second-order valence-electron chi connectivity index (χ2n) is 5.79. The van der Waals surface area contributed by atoms with Crippen LogP contribution in [0.4, 0.5) is 4.79 Å². The molecule has 0 spiro atoms. The van der Waals surface area contributed by atoms with E-state index < -0.39 is 11.9 Å². The van der Waals surface area contributed by atoms with Crippen molar-refractivity contribution in [2.75, 3.05) is 13.1 Å². The molecular formula is C15H22N2O3S. The zero-order valence-corrected chi connectivity index (χ0v) is 13.4. The van der Waals surface area contributed by atoms with Crippen LogP contribution in [0, 0.1) is 11.8 Å². The summed E-state index contributed by atoms with van der Waals surface area (Å²) < 4.78 is 0. The molecule has 2 N–H and O–H groups in total. The van der Waals surface area contributed by atoms with E-state index in [1.54, 1.807) is 16.2 Å². The number of fused-ring (bicyclic) bond motifs is 1. The van der Waals surface area contributed by atoms with E-state index in [0.29, 0.717) is 6.54 Å². The van der Waals surface area contributed by atoms with Crippen LogP contribution in [0.2, 0.25) is 0 Å². The van der Waals surface area contributed by atoms with Crippen molar-refractivity contribution in [2.45, 2.75) is 33.2 Å². The highest BCUT2D eigenvalue weighted by Crippen LogP contribution is 2.32. The van der Waals surface area contributed by atoms with E-state index in [0.717, 1.165) is 6.42 Å². The number of hydrogen-bond donors (Lipinski definition) is 2. The zero-order valence-electron chi connectivity index (χ0n) is 12.6. The Kier molecular flexibility index (Phi) is 4.88. The van der Waals surface area contributed by atoms with Gasteiger partial charge < -0.3 is 15.3 Å². The van der Waals surface area contributed by atoms with Crippen LogP contribution >= 0.6 is 11.3 Å². The van der Waals surface area contributed by atoms with Crippen molar-refractivity contribution in [2.24, 2.45) is 11.8 Å². The van der Waals surface area contributed by atoms with Crippen LogP contribution in [0.1, 0.15) is 37.3 Å². The smallest absolute Gasteiger partial charge is 0.317 e. The second-order valence-corrected chi connectivity index (χ2v) is 6.79. The molecule has 21 heavy (non-hydrogen) atoms. The zero-order chi connectivity index (χ0) is 15.6. The lowest BCUT2D eigenvalue weighted by atomic mass is 9.96. The number of rotatable bonds is 4. The van der Waals surface area contributed by atoms with Crippen molar-refractivity contribution in [3.63, 3.8) is 0 Å². The minimum atomic E-state index is -0.864. The first kappa shape index (κ1) is 15.8. The standard InChI is InChI=1S/C15H22N2O3S/c1-9(2)12(14(18)19)8-16-15(20)17-6-4-13-11(10(17)3)5-7-21-13/h5,7,9-10,12H,4,6,8H2,1-3H3,(H,16,20)(H,18,19). The van der Waals surface area contributed by atoms with Gasteiger partial charge in [-0.25, -0.2) is 4.79 Å². The molecule has 1 aromatic rings.